The Morgan fingerprint density at radius 1 is 1.43 bits per heavy atom. The summed E-state index contributed by atoms with van der Waals surface area (Å²) in [6.07, 6.45) is -0.509. The Morgan fingerprint density at radius 2 is 2.10 bits per heavy atom. The Morgan fingerprint density at radius 3 is 2.67 bits per heavy atom. The van der Waals surface area contributed by atoms with Gasteiger partial charge in [-0.25, -0.2) is 14.1 Å². The molecule has 2 rings (SSSR count). The number of ether oxygens (including phenoxy) is 1. The first kappa shape index (κ1) is 15.8. The van der Waals surface area contributed by atoms with E-state index in [1.807, 2.05) is 0 Å². The molecule has 0 N–H and O–H groups in total. The van der Waals surface area contributed by atoms with Crippen molar-refractivity contribution in [2.75, 3.05) is 6.54 Å². The van der Waals surface area contributed by atoms with Gasteiger partial charge in [-0.05, 0) is 38.5 Å². The van der Waals surface area contributed by atoms with E-state index in [9.17, 15) is 14.0 Å². The number of likely N-dealkylation sites (tertiary alicyclic amines) is 1. The number of halogens is 2. The van der Waals surface area contributed by atoms with Crippen molar-refractivity contribution in [3.63, 3.8) is 0 Å². The molecule has 6 heteroatoms. The monoisotopic (exact) mass is 313 g/mol. The molecule has 2 amide bonds. The number of nitrogens with zero attached hydrogens (tertiary/aromatic N) is 1. The Kier molecular flexibility index (Phi) is 4.23. The maximum atomic E-state index is 13.5. The Labute approximate surface area is 127 Å². The molecule has 1 saturated heterocycles. The van der Waals surface area contributed by atoms with E-state index in [1.165, 1.54) is 12.1 Å². The molecule has 1 aliphatic rings. The minimum absolute atomic E-state index is 0.0343. The van der Waals surface area contributed by atoms with Gasteiger partial charge >= 0.3 is 6.09 Å². The highest BCUT2D eigenvalue weighted by Crippen LogP contribution is 2.31. The molecule has 114 valence electrons. The van der Waals surface area contributed by atoms with E-state index < -0.39 is 17.5 Å². The van der Waals surface area contributed by atoms with Gasteiger partial charge in [0.15, 0.2) is 0 Å². The largest absolute Gasteiger partial charge is 0.443 e. The van der Waals surface area contributed by atoms with Crippen molar-refractivity contribution in [2.24, 2.45) is 0 Å². The average Bonchev–Trinajstić information content (AvgIpc) is 2.73. The maximum absolute atomic E-state index is 13.5. The van der Waals surface area contributed by atoms with Gasteiger partial charge in [0.2, 0.25) is 5.91 Å². The molecule has 1 fully saturated rings. The van der Waals surface area contributed by atoms with Crippen molar-refractivity contribution < 1.29 is 18.7 Å². The lowest BCUT2D eigenvalue weighted by molar-refractivity contribution is -0.126. The summed E-state index contributed by atoms with van der Waals surface area (Å²) in [7, 11) is 0. The first-order valence-electron chi connectivity index (χ1n) is 6.65. The Balaban J connectivity index is 2.12. The zero-order valence-corrected chi connectivity index (χ0v) is 12.9. The quantitative estimate of drug-likeness (QED) is 0.793. The van der Waals surface area contributed by atoms with Crippen molar-refractivity contribution in [3.8, 4) is 0 Å². The van der Waals surface area contributed by atoms with Gasteiger partial charge in [-0.15, -0.1) is 0 Å². The van der Waals surface area contributed by atoms with Gasteiger partial charge in [-0.1, -0.05) is 17.7 Å². The van der Waals surface area contributed by atoms with Gasteiger partial charge < -0.3 is 4.74 Å². The topological polar surface area (TPSA) is 46.6 Å². The third-order valence-corrected chi connectivity index (χ3v) is 3.46. The van der Waals surface area contributed by atoms with Gasteiger partial charge in [-0.3, -0.25) is 4.79 Å². The Hall–Kier alpha value is -1.62. The molecule has 0 radical (unpaired) electrons. The van der Waals surface area contributed by atoms with Crippen molar-refractivity contribution in [3.05, 3.63) is 34.6 Å². The van der Waals surface area contributed by atoms with Gasteiger partial charge in [-0.2, -0.15) is 0 Å². The fourth-order valence-electron chi connectivity index (χ4n) is 2.19. The molecule has 0 bridgehead atoms. The highest BCUT2D eigenvalue weighted by molar-refractivity contribution is 6.30. The summed E-state index contributed by atoms with van der Waals surface area (Å²) in [5.41, 5.74) is -0.0155. The second-order valence-corrected chi connectivity index (χ2v) is 6.47. The van der Waals surface area contributed by atoms with E-state index in [1.54, 1.807) is 26.8 Å². The van der Waals surface area contributed by atoms with E-state index in [0.29, 0.717) is 5.56 Å². The molecule has 0 aliphatic carbocycles. The predicted molar refractivity (Wildman–Crippen MR) is 76.7 cm³/mol. The molecule has 4 nitrogen and oxygen atoms in total. The highest BCUT2D eigenvalue weighted by atomic mass is 35.5. The number of carbonyl (C=O) groups is 2. The van der Waals surface area contributed by atoms with E-state index in [2.05, 4.69) is 0 Å². The van der Waals surface area contributed by atoms with E-state index in [-0.39, 0.29) is 29.8 Å². The first-order chi connectivity index (χ1) is 9.67. The van der Waals surface area contributed by atoms with Crippen LogP contribution in [0.3, 0.4) is 0 Å². The summed E-state index contributed by atoms with van der Waals surface area (Å²) in [6.45, 7) is 5.39. The van der Waals surface area contributed by atoms with Crippen LogP contribution in [0.15, 0.2) is 18.2 Å². The predicted octanol–water partition coefficient (Wildman–Crippen LogP) is 3.73. The number of carbonyl (C=O) groups excluding carboxylic acids is 2. The molecule has 0 unspecified atom stereocenters. The smallest absolute Gasteiger partial charge is 0.417 e. The minimum Gasteiger partial charge on any atom is -0.443 e. The lowest BCUT2D eigenvalue weighted by Gasteiger charge is -2.23. The maximum Gasteiger partial charge on any atom is 0.417 e. The van der Waals surface area contributed by atoms with Crippen molar-refractivity contribution >= 4 is 23.6 Å². The van der Waals surface area contributed by atoms with Crippen LogP contribution in [0.4, 0.5) is 9.18 Å². The third kappa shape index (κ3) is 3.73. The zero-order chi connectivity index (χ0) is 15.8. The van der Waals surface area contributed by atoms with Gasteiger partial charge in [0.05, 0.1) is 5.02 Å². The molecule has 1 aliphatic heterocycles. The van der Waals surface area contributed by atoms with Crippen LogP contribution < -0.4 is 0 Å². The van der Waals surface area contributed by atoms with Gasteiger partial charge in [0.25, 0.3) is 0 Å². The van der Waals surface area contributed by atoms with E-state index in [0.717, 1.165) is 4.90 Å². The second kappa shape index (κ2) is 5.64. The SMILES string of the molecule is CC(C)(C)OC(=O)N1C[C@H](c2ccc(Cl)c(F)c2)CC1=O. The van der Waals surface area contributed by atoms with Crippen LogP contribution >= 0.6 is 11.6 Å². The number of benzene rings is 1. The number of rotatable bonds is 1. The normalized spacial score (nSPS) is 19.0. The van der Waals surface area contributed by atoms with Crippen LogP contribution in [0, 0.1) is 5.82 Å². The number of amides is 2. The Bertz CT molecular complexity index is 583. The van der Waals surface area contributed by atoms with Gasteiger partial charge in [0.1, 0.15) is 11.4 Å². The zero-order valence-electron chi connectivity index (χ0n) is 12.2. The summed E-state index contributed by atoms with van der Waals surface area (Å²) < 4.78 is 18.7. The summed E-state index contributed by atoms with van der Waals surface area (Å²) in [5.74, 6) is -1.08. The number of imide groups is 1. The first-order valence-corrected chi connectivity index (χ1v) is 7.03. The lowest BCUT2D eigenvalue weighted by Crippen LogP contribution is -2.37. The molecule has 1 atom stereocenters. The van der Waals surface area contributed by atoms with Crippen LogP contribution in [0.25, 0.3) is 0 Å². The fourth-order valence-corrected chi connectivity index (χ4v) is 2.31. The van der Waals surface area contributed by atoms with Gasteiger partial charge in [0, 0.05) is 18.9 Å². The molecule has 0 aromatic heterocycles. The number of hydrogen-bond acceptors (Lipinski definition) is 3. The van der Waals surface area contributed by atoms with Crippen molar-refractivity contribution in [1.82, 2.24) is 4.90 Å². The fraction of sp³-hybridized carbons (Fsp3) is 0.467. The summed E-state index contributed by atoms with van der Waals surface area (Å²) >= 11 is 5.64. The minimum atomic E-state index is -0.665. The molecule has 1 aromatic carbocycles. The average molecular weight is 314 g/mol. The van der Waals surface area contributed by atoms with Crippen LogP contribution in [0.2, 0.25) is 5.02 Å². The summed E-state index contributed by atoms with van der Waals surface area (Å²) in [5, 5.41) is 0.0343. The molecular formula is C15H17ClFNO3. The molecule has 1 heterocycles. The molecular weight excluding hydrogens is 297 g/mol. The van der Waals surface area contributed by atoms with E-state index in [4.69, 9.17) is 16.3 Å². The molecule has 0 saturated carbocycles. The second-order valence-electron chi connectivity index (χ2n) is 6.06. The van der Waals surface area contributed by atoms with Crippen LogP contribution in [0.5, 0.6) is 0 Å². The molecule has 21 heavy (non-hydrogen) atoms. The van der Waals surface area contributed by atoms with Crippen LogP contribution in [-0.4, -0.2) is 29.0 Å². The highest BCUT2D eigenvalue weighted by Gasteiger charge is 2.37. The number of hydrogen-bond donors (Lipinski definition) is 0. The van der Waals surface area contributed by atoms with Crippen molar-refractivity contribution in [1.29, 1.82) is 0 Å². The lowest BCUT2D eigenvalue weighted by atomic mass is 9.98. The van der Waals surface area contributed by atoms with E-state index >= 15 is 0 Å². The summed E-state index contributed by atoms with van der Waals surface area (Å²) in [6, 6.07) is 4.42. The summed E-state index contributed by atoms with van der Waals surface area (Å²) in [4.78, 5) is 25.0. The standard InChI is InChI=1S/C15H17ClFNO3/c1-15(2,3)21-14(20)18-8-10(7-13(18)19)9-4-5-11(16)12(17)6-9/h4-6,10H,7-8H2,1-3H3/t10-/m1/s1. The van der Waals surface area contributed by atoms with Crippen molar-refractivity contribution in [2.45, 2.75) is 38.7 Å². The third-order valence-electron chi connectivity index (χ3n) is 3.15. The molecule has 1 aromatic rings. The van der Waals surface area contributed by atoms with Crippen LogP contribution in [-0.2, 0) is 9.53 Å². The molecule has 0 spiro atoms. The van der Waals surface area contributed by atoms with Crippen LogP contribution in [0.1, 0.15) is 38.7 Å².